The number of carbonyl (C=O) groups excluding carboxylic acids is 1. The Bertz CT molecular complexity index is 241. The molecule has 1 atom stereocenters. The van der Waals surface area contributed by atoms with Crippen molar-refractivity contribution >= 4 is 5.91 Å². The molecule has 6 heteroatoms. The van der Waals surface area contributed by atoms with Gasteiger partial charge in [0, 0.05) is 19.0 Å². The fourth-order valence-corrected chi connectivity index (χ4v) is 1.34. The molecule has 0 aliphatic heterocycles. The van der Waals surface area contributed by atoms with Gasteiger partial charge in [0.2, 0.25) is 5.91 Å². The molecule has 0 saturated heterocycles. The lowest BCUT2D eigenvalue weighted by Gasteiger charge is -2.25. The van der Waals surface area contributed by atoms with Gasteiger partial charge < -0.3 is 10.6 Å². The summed E-state index contributed by atoms with van der Waals surface area (Å²) in [7, 11) is 0. The molecule has 0 bridgehead atoms. The normalized spacial score (nSPS) is 13.9. The summed E-state index contributed by atoms with van der Waals surface area (Å²) in [4.78, 5) is 12.5. The predicted molar refractivity (Wildman–Crippen MR) is 60.4 cm³/mol. The molecule has 3 nitrogen and oxygen atoms in total. The molecule has 1 unspecified atom stereocenters. The summed E-state index contributed by atoms with van der Waals surface area (Å²) >= 11 is 0. The quantitative estimate of drug-likeness (QED) is 0.789. The lowest BCUT2D eigenvalue weighted by Crippen LogP contribution is -2.42. The summed E-state index contributed by atoms with van der Waals surface area (Å²) in [6.45, 7) is 4.34. The van der Waals surface area contributed by atoms with Crippen LogP contribution < -0.4 is 5.73 Å². The number of nitrogens with zero attached hydrogens (tertiary/aromatic N) is 1. The van der Waals surface area contributed by atoms with Crippen LogP contribution in [0.15, 0.2) is 0 Å². The van der Waals surface area contributed by atoms with Crippen molar-refractivity contribution in [3.05, 3.63) is 0 Å². The molecule has 102 valence electrons. The molecule has 0 spiro atoms. The SMILES string of the molecule is CCCN(CC(F)(F)F)C(=O)CC(N)C(C)C. The maximum absolute atomic E-state index is 12.3. The maximum atomic E-state index is 12.3. The minimum Gasteiger partial charge on any atom is -0.334 e. The molecule has 0 aliphatic rings. The van der Waals surface area contributed by atoms with Crippen LogP contribution in [0.25, 0.3) is 0 Å². The zero-order chi connectivity index (χ0) is 13.6. The van der Waals surface area contributed by atoms with Gasteiger partial charge in [0.05, 0.1) is 0 Å². The van der Waals surface area contributed by atoms with Crippen LogP contribution >= 0.6 is 0 Å². The van der Waals surface area contributed by atoms with Crippen molar-refractivity contribution in [2.24, 2.45) is 11.7 Å². The summed E-state index contributed by atoms with van der Waals surface area (Å²) in [5.74, 6) is -0.446. The van der Waals surface area contributed by atoms with Crippen molar-refractivity contribution < 1.29 is 18.0 Å². The van der Waals surface area contributed by atoms with E-state index in [4.69, 9.17) is 5.73 Å². The Hall–Kier alpha value is -0.780. The summed E-state index contributed by atoms with van der Waals surface area (Å²) in [6.07, 6.45) is -3.89. The molecule has 0 aromatic rings. The Morgan fingerprint density at radius 1 is 1.35 bits per heavy atom. The largest absolute Gasteiger partial charge is 0.406 e. The summed E-state index contributed by atoms with van der Waals surface area (Å²) < 4.78 is 36.8. The zero-order valence-electron chi connectivity index (χ0n) is 10.5. The Labute approximate surface area is 100 Å². The average Bonchev–Trinajstić information content (AvgIpc) is 2.14. The molecule has 0 saturated carbocycles. The topological polar surface area (TPSA) is 46.3 Å². The highest BCUT2D eigenvalue weighted by atomic mass is 19.4. The van der Waals surface area contributed by atoms with E-state index in [0.29, 0.717) is 6.42 Å². The monoisotopic (exact) mass is 254 g/mol. The number of nitrogens with two attached hydrogens (primary N) is 1. The molecule has 0 heterocycles. The second-order valence-electron chi connectivity index (χ2n) is 4.54. The van der Waals surface area contributed by atoms with Crippen molar-refractivity contribution in [1.82, 2.24) is 4.90 Å². The maximum Gasteiger partial charge on any atom is 0.406 e. The summed E-state index contributed by atoms with van der Waals surface area (Å²) in [5, 5.41) is 0. The van der Waals surface area contributed by atoms with E-state index < -0.39 is 24.7 Å². The van der Waals surface area contributed by atoms with Crippen molar-refractivity contribution in [2.75, 3.05) is 13.1 Å². The lowest BCUT2D eigenvalue weighted by atomic mass is 10.0. The first-order chi connectivity index (χ1) is 7.67. The number of carbonyl (C=O) groups is 1. The molecule has 0 radical (unpaired) electrons. The zero-order valence-corrected chi connectivity index (χ0v) is 10.5. The molecule has 0 aromatic heterocycles. The van der Waals surface area contributed by atoms with Crippen molar-refractivity contribution in [1.29, 1.82) is 0 Å². The number of alkyl halides is 3. The van der Waals surface area contributed by atoms with Gasteiger partial charge in [-0.2, -0.15) is 13.2 Å². The number of halogens is 3. The third-order valence-electron chi connectivity index (χ3n) is 2.48. The number of hydrogen-bond acceptors (Lipinski definition) is 2. The van der Waals surface area contributed by atoms with Crippen LogP contribution in [0, 0.1) is 5.92 Å². The predicted octanol–water partition coefficient (Wildman–Crippen LogP) is 2.16. The van der Waals surface area contributed by atoms with E-state index in [-0.39, 0.29) is 18.9 Å². The second kappa shape index (κ2) is 6.83. The van der Waals surface area contributed by atoms with Crippen LogP contribution in [0.5, 0.6) is 0 Å². The molecular weight excluding hydrogens is 233 g/mol. The van der Waals surface area contributed by atoms with E-state index in [1.165, 1.54) is 0 Å². The molecular formula is C11H21F3N2O. The van der Waals surface area contributed by atoms with E-state index in [0.717, 1.165) is 4.90 Å². The molecule has 0 aromatic carbocycles. The van der Waals surface area contributed by atoms with Gasteiger partial charge in [0.15, 0.2) is 0 Å². The van der Waals surface area contributed by atoms with Gasteiger partial charge in [-0.1, -0.05) is 20.8 Å². The van der Waals surface area contributed by atoms with Crippen molar-refractivity contribution in [3.63, 3.8) is 0 Å². The first-order valence-corrected chi connectivity index (χ1v) is 5.77. The number of amides is 1. The molecule has 1 amide bonds. The van der Waals surface area contributed by atoms with Crippen molar-refractivity contribution in [3.8, 4) is 0 Å². The highest BCUT2D eigenvalue weighted by Gasteiger charge is 2.33. The van der Waals surface area contributed by atoms with Gasteiger partial charge in [-0.15, -0.1) is 0 Å². The Balaban J connectivity index is 4.44. The molecule has 0 rings (SSSR count). The average molecular weight is 254 g/mol. The molecule has 0 aliphatic carbocycles. The van der Waals surface area contributed by atoms with Gasteiger partial charge in [-0.3, -0.25) is 4.79 Å². The molecule has 17 heavy (non-hydrogen) atoms. The first-order valence-electron chi connectivity index (χ1n) is 5.77. The minimum atomic E-state index is -4.35. The fraction of sp³-hybridized carbons (Fsp3) is 0.909. The van der Waals surface area contributed by atoms with Crippen molar-refractivity contribution in [2.45, 2.75) is 45.8 Å². The van der Waals surface area contributed by atoms with Gasteiger partial charge in [-0.05, 0) is 12.3 Å². The van der Waals surface area contributed by atoms with E-state index in [2.05, 4.69) is 0 Å². The first kappa shape index (κ1) is 16.2. The van der Waals surface area contributed by atoms with Crippen LogP contribution in [0.4, 0.5) is 13.2 Å². The van der Waals surface area contributed by atoms with Crippen LogP contribution in [0.2, 0.25) is 0 Å². The summed E-state index contributed by atoms with van der Waals surface area (Å²) in [5.41, 5.74) is 5.69. The van der Waals surface area contributed by atoms with Crippen LogP contribution in [-0.4, -0.2) is 36.1 Å². The summed E-state index contributed by atoms with van der Waals surface area (Å²) in [6, 6.07) is -0.393. The number of hydrogen-bond donors (Lipinski definition) is 1. The number of rotatable bonds is 6. The van der Waals surface area contributed by atoms with Gasteiger partial charge in [-0.25, -0.2) is 0 Å². The highest BCUT2D eigenvalue weighted by molar-refractivity contribution is 5.76. The lowest BCUT2D eigenvalue weighted by molar-refractivity contribution is -0.161. The van der Waals surface area contributed by atoms with Gasteiger partial charge in [0.1, 0.15) is 6.54 Å². The van der Waals surface area contributed by atoms with Crippen LogP contribution in [0.3, 0.4) is 0 Å². The van der Waals surface area contributed by atoms with Gasteiger partial charge in [0.25, 0.3) is 0 Å². The van der Waals surface area contributed by atoms with E-state index in [1.807, 2.05) is 13.8 Å². The minimum absolute atomic E-state index is 0.0340. The third kappa shape index (κ3) is 7.20. The van der Waals surface area contributed by atoms with Crippen LogP contribution in [0.1, 0.15) is 33.6 Å². The fourth-order valence-electron chi connectivity index (χ4n) is 1.34. The highest BCUT2D eigenvalue weighted by Crippen LogP contribution is 2.18. The molecule has 2 N–H and O–H groups in total. The smallest absolute Gasteiger partial charge is 0.334 e. The Morgan fingerprint density at radius 2 is 1.88 bits per heavy atom. The Kier molecular flexibility index (Phi) is 6.52. The van der Waals surface area contributed by atoms with Gasteiger partial charge >= 0.3 is 6.18 Å². The van der Waals surface area contributed by atoms with E-state index in [1.54, 1.807) is 6.92 Å². The Morgan fingerprint density at radius 3 is 2.24 bits per heavy atom. The van der Waals surface area contributed by atoms with E-state index in [9.17, 15) is 18.0 Å². The second-order valence-corrected chi connectivity index (χ2v) is 4.54. The van der Waals surface area contributed by atoms with Crippen LogP contribution in [-0.2, 0) is 4.79 Å². The third-order valence-corrected chi connectivity index (χ3v) is 2.48. The standard InChI is InChI=1S/C11H21F3N2O/c1-4-5-16(7-11(12,13)14)10(17)6-9(15)8(2)3/h8-9H,4-7,15H2,1-3H3. The van der Waals surface area contributed by atoms with E-state index >= 15 is 0 Å². The molecule has 0 fully saturated rings.